The molecule has 0 bridgehead atoms. The SMILES string of the molecule is COCC(=O)Nc1ccc(N(C)C)c(C(=O)NCC(C)C)c1. The van der Waals surface area contributed by atoms with Gasteiger partial charge in [0.25, 0.3) is 5.91 Å². The largest absolute Gasteiger partial charge is 0.377 e. The van der Waals surface area contributed by atoms with E-state index in [1.165, 1.54) is 7.11 Å². The average molecular weight is 307 g/mol. The van der Waals surface area contributed by atoms with Crippen LogP contribution >= 0.6 is 0 Å². The predicted octanol–water partition coefficient (Wildman–Crippen LogP) is 1.72. The van der Waals surface area contributed by atoms with Crippen LogP contribution in [0.1, 0.15) is 24.2 Å². The fraction of sp³-hybridized carbons (Fsp3) is 0.500. The normalized spacial score (nSPS) is 10.5. The van der Waals surface area contributed by atoms with Gasteiger partial charge in [0.1, 0.15) is 6.61 Å². The monoisotopic (exact) mass is 307 g/mol. The Bertz CT molecular complexity index is 527. The number of rotatable bonds is 7. The molecule has 22 heavy (non-hydrogen) atoms. The number of carbonyl (C=O) groups is 2. The van der Waals surface area contributed by atoms with E-state index in [4.69, 9.17) is 4.74 Å². The Labute approximate surface area is 131 Å². The molecular formula is C16H25N3O3. The molecule has 0 aliphatic carbocycles. The Morgan fingerprint density at radius 2 is 1.95 bits per heavy atom. The minimum absolute atomic E-state index is 0.0235. The molecule has 0 unspecified atom stereocenters. The number of ether oxygens (including phenoxy) is 1. The third kappa shape index (κ3) is 5.37. The summed E-state index contributed by atoms with van der Waals surface area (Å²) in [7, 11) is 5.20. The van der Waals surface area contributed by atoms with Gasteiger partial charge in [-0.25, -0.2) is 0 Å². The van der Waals surface area contributed by atoms with Crippen molar-refractivity contribution in [1.82, 2.24) is 5.32 Å². The zero-order chi connectivity index (χ0) is 16.7. The quantitative estimate of drug-likeness (QED) is 0.805. The van der Waals surface area contributed by atoms with Gasteiger partial charge in [0.05, 0.1) is 5.56 Å². The summed E-state index contributed by atoms with van der Waals surface area (Å²) in [4.78, 5) is 25.8. The summed E-state index contributed by atoms with van der Waals surface area (Å²) in [5.74, 6) is -0.0368. The van der Waals surface area contributed by atoms with Crippen LogP contribution in [0.5, 0.6) is 0 Å². The molecule has 1 rings (SSSR count). The van der Waals surface area contributed by atoms with Crippen molar-refractivity contribution in [3.8, 4) is 0 Å². The lowest BCUT2D eigenvalue weighted by Crippen LogP contribution is -2.29. The lowest BCUT2D eigenvalue weighted by Gasteiger charge is -2.19. The molecule has 122 valence electrons. The second kappa shape index (κ2) is 8.38. The number of carbonyl (C=O) groups excluding carboxylic acids is 2. The van der Waals surface area contributed by atoms with Crippen molar-refractivity contribution in [3.63, 3.8) is 0 Å². The highest BCUT2D eigenvalue weighted by Crippen LogP contribution is 2.23. The maximum absolute atomic E-state index is 12.4. The second-order valence-electron chi connectivity index (χ2n) is 5.71. The Morgan fingerprint density at radius 3 is 2.50 bits per heavy atom. The first-order valence-electron chi connectivity index (χ1n) is 7.23. The van der Waals surface area contributed by atoms with E-state index in [0.717, 1.165) is 5.69 Å². The van der Waals surface area contributed by atoms with Crippen LogP contribution in [-0.4, -0.2) is 46.2 Å². The molecule has 0 fully saturated rings. The summed E-state index contributed by atoms with van der Waals surface area (Å²) >= 11 is 0. The first kappa shape index (κ1) is 18.0. The number of hydrogen-bond donors (Lipinski definition) is 2. The van der Waals surface area contributed by atoms with E-state index in [1.807, 2.05) is 38.9 Å². The van der Waals surface area contributed by atoms with Crippen LogP contribution in [-0.2, 0) is 9.53 Å². The summed E-state index contributed by atoms with van der Waals surface area (Å²) in [6, 6.07) is 5.26. The second-order valence-corrected chi connectivity index (χ2v) is 5.71. The van der Waals surface area contributed by atoms with Crippen molar-refractivity contribution >= 4 is 23.2 Å². The number of hydrogen-bond acceptors (Lipinski definition) is 4. The number of amides is 2. The molecule has 0 saturated heterocycles. The highest BCUT2D eigenvalue weighted by molar-refractivity contribution is 6.02. The van der Waals surface area contributed by atoms with Crippen molar-refractivity contribution in [1.29, 1.82) is 0 Å². The van der Waals surface area contributed by atoms with Gasteiger partial charge in [-0.05, 0) is 24.1 Å². The van der Waals surface area contributed by atoms with E-state index in [0.29, 0.717) is 23.7 Å². The molecule has 0 radical (unpaired) electrons. The summed E-state index contributed by atoms with van der Waals surface area (Å²) in [6.45, 7) is 4.65. The van der Waals surface area contributed by atoms with Crippen molar-refractivity contribution in [2.24, 2.45) is 5.92 Å². The van der Waals surface area contributed by atoms with Crippen LogP contribution in [0.15, 0.2) is 18.2 Å². The van der Waals surface area contributed by atoms with Crippen LogP contribution in [0.4, 0.5) is 11.4 Å². The van der Waals surface area contributed by atoms with Crippen LogP contribution in [0, 0.1) is 5.92 Å². The predicted molar refractivity (Wildman–Crippen MR) is 88.4 cm³/mol. The van der Waals surface area contributed by atoms with Crippen molar-refractivity contribution in [3.05, 3.63) is 23.8 Å². The van der Waals surface area contributed by atoms with Gasteiger partial charge >= 0.3 is 0 Å². The fourth-order valence-corrected chi connectivity index (χ4v) is 1.91. The van der Waals surface area contributed by atoms with Crippen molar-refractivity contribution in [2.75, 3.05) is 44.6 Å². The minimum Gasteiger partial charge on any atom is -0.377 e. The Balaban J connectivity index is 2.99. The molecule has 1 aromatic carbocycles. The zero-order valence-electron chi connectivity index (χ0n) is 13.9. The van der Waals surface area contributed by atoms with Gasteiger partial charge in [0, 0.05) is 39.1 Å². The summed E-state index contributed by atoms with van der Waals surface area (Å²) < 4.78 is 4.78. The number of nitrogens with zero attached hydrogens (tertiary/aromatic N) is 1. The minimum atomic E-state index is -0.256. The molecule has 0 aromatic heterocycles. The van der Waals surface area contributed by atoms with Crippen LogP contribution in [0.2, 0.25) is 0 Å². The van der Waals surface area contributed by atoms with E-state index in [1.54, 1.807) is 12.1 Å². The Hall–Kier alpha value is -2.08. The standard InChI is InChI=1S/C16H25N3O3/c1-11(2)9-17-16(21)13-8-12(18-15(20)10-22-5)6-7-14(13)19(3)4/h6-8,11H,9-10H2,1-5H3,(H,17,21)(H,18,20). The number of nitrogens with one attached hydrogen (secondary N) is 2. The molecule has 2 N–H and O–H groups in total. The smallest absolute Gasteiger partial charge is 0.253 e. The molecule has 0 aliphatic rings. The first-order chi connectivity index (χ1) is 10.3. The maximum atomic E-state index is 12.4. The number of methoxy groups -OCH3 is 1. The van der Waals surface area contributed by atoms with Gasteiger partial charge in [-0.3, -0.25) is 9.59 Å². The summed E-state index contributed by atoms with van der Waals surface area (Å²) in [6.07, 6.45) is 0. The van der Waals surface area contributed by atoms with E-state index in [2.05, 4.69) is 10.6 Å². The lowest BCUT2D eigenvalue weighted by molar-refractivity contribution is -0.119. The molecule has 1 aromatic rings. The highest BCUT2D eigenvalue weighted by atomic mass is 16.5. The van der Waals surface area contributed by atoms with Crippen molar-refractivity contribution < 1.29 is 14.3 Å². The van der Waals surface area contributed by atoms with Crippen molar-refractivity contribution in [2.45, 2.75) is 13.8 Å². The van der Waals surface area contributed by atoms with E-state index in [9.17, 15) is 9.59 Å². The molecule has 0 aliphatic heterocycles. The molecule has 0 atom stereocenters. The Kier molecular flexibility index (Phi) is 6.85. The van der Waals surface area contributed by atoms with E-state index in [-0.39, 0.29) is 18.4 Å². The lowest BCUT2D eigenvalue weighted by atomic mass is 10.1. The van der Waals surface area contributed by atoms with Gasteiger partial charge < -0.3 is 20.3 Å². The molecule has 0 saturated carbocycles. The third-order valence-corrected chi connectivity index (χ3v) is 2.95. The van der Waals surface area contributed by atoms with Crippen LogP contribution in [0.25, 0.3) is 0 Å². The summed E-state index contributed by atoms with van der Waals surface area (Å²) in [5, 5.41) is 5.60. The molecule has 6 nitrogen and oxygen atoms in total. The van der Waals surface area contributed by atoms with Gasteiger partial charge in [0.15, 0.2) is 0 Å². The van der Waals surface area contributed by atoms with Gasteiger partial charge in [0.2, 0.25) is 5.91 Å². The van der Waals surface area contributed by atoms with E-state index < -0.39 is 0 Å². The maximum Gasteiger partial charge on any atom is 0.253 e. The number of benzene rings is 1. The van der Waals surface area contributed by atoms with E-state index >= 15 is 0 Å². The topological polar surface area (TPSA) is 70.7 Å². The highest BCUT2D eigenvalue weighted by Gasteiger charge is 2.15. The first-order valence-corrected chi connectivity index (χ1v) is 7.23. The fourth-order valence-electron chi connectivity index (χ4n) is 1.91. The van der Waals surface area contributed by atoms with Gasteiger partial charge in [-0.2, -0.15) is 0 Å². The number of anilines is 2. The molecule has 2 amide bonds. The molecular weight excluding hydrogens is 282 g/mol. The van der Waals surface area contributed by atoms with Crippen LogP contribution < -0.4 is 15.5 Å². The molecule has 0 spiro atoms. The van der Waals surface area contributed by atoms with Gasteiger partial charge in [-0.1, -0.05) is 13.8 Å². The Morgan fingerprint density at radius 1 is 1.27 bits per heavy atom. The summed E-state index contributed by atoms with van der Waals surface area (Å²) in [5.41, 5.74) is 1.90. The average Bonchev–Trinajstić information content (AvgIpc) is 2.44. The van der Waals surface area contributed by atoms with Crippen LogP contribution in [0.3, 0.4) is 0 Å². The third-order valence-electron chi connectivity index (χ3n) is 2.95. The van der Waals surface area contributed by atoms with Gasteiger partial charge in [-0.15, -0.1) is 0 Å². The zero-order valence-corrected chi connectivity index (χ0v) is 13.9. The molecule has 0 heterocycles. The molecule has 6 heteroatoms.